The highest BCUT2D eigenvalue weighted by molar-refractivity contribution is 7.89. The van der Waals surface area contributed by atoms with E-state index in [0.29, 0.717) is 13.2 Å². The Morgan fingerprint density at radius 2 is 2.19 bits per heavy atom. The summed E-state index contributed by atoms with van der Waals surface area (Å²) in [6.07, 6.45) is 2.46. The zero-order valence-corrected chi connectivity index (χ0v) is 10.4. The average molecular weight is 248 g/mol. The summed E-state index contributed by atoms with van der Waals surface area (Å²) in [6, 6.07) is -0.106. The Morgan fingerprint density at radius 3 is 2.69 bits per heavy atom. The minimum atomic E-state index is -3.20. The Balaban J connectivity index is 2.01. The van der Waals surface area contributed by atoms with Crippen molar-refractivity contribution >= 4 is 10.0 Å². The fraction of sp³-hybridized carbons (Fsp3) is 1.00. The SMILES string of the molecule is CC1C(N)CCN1S(=O)(=O)CC1CCCO1. The van der Waals surface area contributed by atoms with Gasteiger partial charge in [0.15, 0.2) is 0 Å². The first-order valence-corrected chi connectivity index (χ1v) is 7.48. The Labute approximate surface area is 97.0 Å². The van der Waals surface area contributed by atoms with Crippen LogP contribution in [-0.4, -0.2) is 49.8 Å². The van der Waals surface area contributed by atoms with Gasteiger partial charge in [-0.25, -0.2) is 8.42 Å². The van der Waals surface area contributed by atoms with Gasteiger partial charge in [-0.2, -0.15) is 4.31 Å². The molecule has 0 aromatic carbocycles. The standard InChI is InChI=1S/C10H20N2O3S/c1-8-10(11)4-5-12(8)16(13,14)7-9-3-2-6-15-9/h8-10H,2-7,11H2,1H3. The van der Waals surface area contributed by atoms with Crippen molar-refractivity contribution in [3.8, 4) is 0 Å². The van der Waals surface area contributed by atoms with Crippen LogP contribution < -0.4 is 5.73 Å². The van der Waals surface area contributed by atoms with E-state index in [0.717, 1.165) is 19.3 Å². The lowest BCUT2D eigenvalue weighted by Gasteiger charge is -2.24. The van der Waals surface area contributed by atoms with Gasteiger partial charge < -0.3 is 10.5 Å². The zero-order chi connectivity index (χ0) is 11.8. The van der Waals surface area contributed by atoms with Crippen LogP contribution in [0.15, 0.2) is 0 Å². The molecule has 3 unspecified atom stereocenters. The van der Waals surface area contributed by atoms with E-state index in [-0.39, 0.29) is 23.9 Å². The van der Waals surface area contributed by atoms with Gasteiger partial charge in [0, 0.05) is 25.2 Å². The molecule has 2 N–H and O–H groups in total. The van der Waals surface area contributed by atoms with Gasteiger partial charge >= 0.3 is 0 Å². The largest absolute Gasteiger partial charge is 0.377 e. The first-order chi connectivity index (χ1) is 7.50. The van der Waals surface area contributed by atoms with Crippen molar-refractivity contribution in [3.05, 3.63) is 0 Å². The Bertz CT molecular complexity index is 338. The topological polar surface area (TPSA) is 72.6 Å². The van der Waals surface area contributed by atoms with E-state index < -0.39 is 10.0 Å². The van der Waals surface area contributed by atoms with Gasteiger partial charge in [-0.3, -0.25) is 0 Å². The summed E-state index contributed by atoms with van der Waals surface area (Å²) in [6.45, 7) is 3.12. The van der Waals surface area contributed by atoms with Gasteiger partial charge in [0.2, 0.25) is 10.0 Å². The molecule has 5 nitrogen and oxygen atoms in total. The number of nitrogens with zero attached hydrogens (tertiary/aromatic N) is 1. The predicted octanol–water partition coefficient (Wildman–Crippen LogP) is -0.0833. The molecule has 0 amide bonds. The van der Waals surface area contributed by atoms with Crippen molar-refractivity contribution in [2.45, 2.75) is 44.4 Å². The second-order valence-electron chi connectivity index (χ2n) is 4.72. The molecule has 2 aliphatic heterocycles. The van der Waals surface area contributed by atoms with Gasteiger partial charge in [0.25, 0.3) is 0 Å². The molecule has 2 rings (SSSR count). The zero-order valence-electron chi connectivity index (χ0n) is 9.63. The van der Waals surface area contributed by atoms with Crippen LogP contribution in [0, 0.1) is 0 Å². The summed E-state index contributed by atoms with van der Waals surface area (Å²) in [5.41, 5.74) is 5.84. The molecule has 0 spiro atoms. The average Bonchev–Trinajstić information content (AvgIpc) is 2.78. The molecule has 16 heavy (non-hydrogen) atoms. The number of ether oxygens (including phenoxy) is 1. The van der Waals surface area contributed by atoms with Crippen molar-refractivity contribution in [2.24, 2.45) is 5.73 Å². The lowest BCUT2D eigenvalue weighted by Crippen LogP contribution is -2.43. The lowest BCUT2D eigenvalue weighted by molar-refractivity contribution is 0.126. The Kier molecular flexibility index (Phi) is 3.53. The molecule has 94 valence electrons. The number of hydrogen-bond donors (Lipinski definition) is 1. The number of hydrogen-bond acceptors (Lipinski definition) is 4. The second kappa shape index (κ2) is 4.60. The highest BCUT2D eigenvalue weighted by atomic mass is 32.2. The predicted molar refractivity (Wildman–Crippen MR) is 61.5 cm³/mol. The third-order valence-electron chi connectivity index (χ3n) is 3.53. The van der Waals surface area contributed by atoms with Gasteiger partial charge in [0.1, 0.15) is 0 Å². The van der Waals surface area contributed by atoms with E-state index in [2.05, 4.69) is 0 Å². The molecule has 0 aromatic rings. The van der Waals surface area contributed by atoms with E-state index in [9.17, 15) is 8.42 Å². The molecule has 2 heterocycles. The van der Waals surface area contributed by atoms with Gasteiger partial charge in [-0.05, 0) is 26.2 Å². The van der Waals surface area contributed by atoms with Crippen LogP contribution in [0.25, 0.3) is 0 Å². The van der Waals surface area contributed by atoms with Crippen LogP contribution >= 0.6 is 0 Å². The summed E-state index contributed by atoms with van der Waals surface area (Å²) < 4.78 is 31.2. The minimum Gasteiger partial charge on any atom is -0.377 e. The highest BCUT2D eigenvalue weighted by Gasteiger charge is 2.37. The molecule has 3 atom stereocenters. The summed E-state index contributed by atoms with van der Waals surface area (Å²) in [5.74, 6) is 0.115. The Morgan fingerprint density at radius 1 is 1.44 bits per heavy atom. The quantitative estimate of drug-likeness (QED) is 0.758. The summed E-state index contributed by atoms with van der Waals surface area (Å²) in [7, 11) is -3.20. The molecule has 0 saturated carbocycles. The van der Waals surface area contributed by atoms with Crippen LogP contribution in [0.5, 0.6) is 0 Å². The van der Waals surface area contributed by atoms with Crippen LogP contribution in [0.2, 0.25) is 0 Å². The van der Waals surface area contributed by atoms with Crippen LogP contribution in [-0.2, 0) is 14.8 Å². The van der Waals surface area contributed by atoms with Crippen molar-refractivity contribution < 1.29 is 13.2 Å². The number of nitrogens with two attached hydrogens (primary N) is 1. The Hall–Kier alpha value is -0.170. The van der Waals surface area contributed by atoms with Gasteiger partial charge in [0.05, 0.1) is 11.9 Å². The molecule has 6 heteroatoms. The van der Waals surface area contributed by atoms with Crippen molar-refractivity contribution in [1.82, 2.24) is 4.31 Å². The maximum atomic E-state index is 12.1. The van der Waals surface area contributed by atoms with Crippen LogP contribution in [0.1, 0.15) is 26.2 Å². The third kappa shape index (κ3) is 2.40. The number of sulfonamides is 1. The smallest absolute Gasteiger partial charge is 0.216 e. The first kappa shape index (κ1) is 12.3. The van der Waals surface area contributed by atoms with Gasteiger partial charge in [-0.15, -0.1) is 0 Å². The molecule has 0 radical (unpaired) electrons. The van der Waals surface area contributed by atoms with Crippen LogP contribution in [0.4, 0.5) is 0 Å². The van der Waals surface area contributed by atoms with Crippen molar-refractivity contribution in [1.29, 1.82) is 0 Å². The summed E-state index contributed by atoms with van der Waals surface area (Å²) >= 11 is 0. The van der Waals surface area contributed by atoms with E-state index in [1.54, 1.807) is 4.31 Å². The fourth-order valence-electron chi connectivity index (χ4n) is 2.43. The maximum absolute atomic E-state index is 12.1. The van der Waals surface area contributed by atoms with E-state index in [4.69, 9.17) is 10.5 Å². The van der Waals surface area contributed by atoms with E-state index >= 15 is 0 Å². The fourth-order valence-corrected chi connectivity index (χ4v) is 4.40. The molecule has 0 bridgehead atoms. The lowest BCUT2D eigenvalue weighted by atomic mass is 10.2. The molecule has 0 aromatic heterocycles. The minimum absolute atomic E-state index is 0.0285. The third-order valence-corrected chi connectivity index (χ3v) is 5.56. The van der Waals surface area contributed by atoms with E-state index in [1.165, 1.54) is 0 Å². The molecular formula is C10H20N2O3S. The van der Waals surface area contributed by atoms with Gasteiger partial charge in [-0.1, -0.05) is 0 Å². The first-order valence-electron chi connectivity index (χ1n) is 5.87. The molecule has 0 aliphatic carbocycles. The molecular weight excluding hydrogens is 228 g/mol. The number of rotatable bonds is 3. The van der Waals surface area contributed by atoms with Crippen molar-refractivity contribution in [3.63, 3.8) is 0 Å². The molecule has 2 aliphatic rings. The summed E-state index contributed by atoms with van der Waals surface area (Å²) in [5, 5.41) is 0. The highest BCUT2D eigenvalue weighted by Crippen LogP contribution is 2.23. The van der Waals surface area contributed by atoms with Crippen LogP contribution in [0.3, 0.4) is 0 Å². The second-order valence-corrected chi connectivity index (χ2v) is 6.68. The normalized spacial score (nSPS) is 37.0. The maximum Gasteiger partial charge on any atom is 0.216 e. The van der Waals surface area contributed by atoms with E-state index in [1.807, 2.05) is 6.92 Å². The molecule has 2 saturated heterocycles. The van der Waals surface area contributed by atoms with Crippen molar-refractivity contribution in [2.75, 3.05) is 18.9 Å². The monoisotopic (exact) mass is 248 g/mol. The molecule has 2 fully saturated rings. The summed E-state index contributed by atoms with van der Waals surface area (Å²) in [4.78, 5) is 0.